The third-order valence-electron chi connectivity index (χ3n) is 5.31. The summed E-state index contributed by atoms with van der Waals surface area (Å²) in [4.78, 5) is 17.5. The third-order valence-corrected chi connectivity index (χ3v) is 5.31. The summed E-state index contributed by atoms with van der Waals surface area (Å²) in [5, 5.41) is 10.2. The summed E-state index contributed by atoms with van der Waals surface area (Å²) in [6, 6.07) is 18.8. The highest BCUT2D eigenvalue weighted by Crippen LogP contribution is 2.27. The van der Waals surface area contributed by atoms with Crippen LogP contribution in [0, 0.1) is 11.3 Å². The summed E-state index contributed by atoms with van der Waals surface area (Å²) in [5.41, 5.74) is 4.11. The fourth-order valence-corrected chi connectivity index (χ4v) is 3.81. The van der Waals surface area contributed by atoms with E-state index in [9.17, 15) is 10.1 Å². The van der Waals surface area contributed by atoms with Crippen molar-refractivity contribution in [2.24, 2.45) is 0 Å². The summed E-state index contributed by atoms with van der Waals surface area (Å²) < 4.78 is 0. The number of aromatic amines is 1. The molecule has 1 saturated heterocycles. The molecule has 1 N–H and O–H groups in total. The van der Waals surface area contributed by atoms with Gasteiger partial charge < -0.3 is 9.88 Å². The molecule has 1 aliphatic rings. The van der Waals surface area contributed by atoms with E-state index in [0.717, 1.165) is 42.4 Å². The normalized spacial score (nSPS) is 17.4. The number of likely N-dealkylation sites (tertiary alicyclic amines) is 1. The second-order valence-electron chi connectivity index (χ2n) is 6.93. The van der Waals surface area contributed by atoms with Crippen molar-refractivity contribution in [1.82, 2.24) is 9.88 Å². The fourth-order valence-electron chi connectivity index (χ4n) is 3.81. The van der Waals surface area contributed by atoms with E-state index in [1.807, 2.05) is 17.0 Å². The van der Waals surface area contributed by atoms with Crippen molar-refractivity contribution in [2.45, 2.75) is 25.2 Å². The van der Waals surface area contributed by atoms with Gasteiger partial charge in [0, 0.05) is 42.5 Å². The van der Waals surface area contributed by atoms with Crippen molar-refractivity contribution in [2.75, 3.05) is 13.1 Å². The van der Waals surface area contributed by atoms with E-state index in [2.05, 4.69) is 47.5 Å². The van der Waals surface area contributed by atoms with E-state index in [0.29, 0.717) is 17.9 Å². The predicted octanol–water partition coefficient (Wildman–Crippen LogP) is 3.99. The van der Waals surface area contributed by atoms with Gasteiger partial charge >= 0.3 is 0 Å². The Labute approximate surface area is 153 Å². The average molecular weight is 343 g/mol. The number of benzene rings is 2. The van der Waals surface area contributed by atoms with Crippen molar-refractivity contribution < 1.29 is 4.79 Å². The summed E-state index contributed by atoms with van der Waals surface area (Å²) in [7, 11) is 0. The fraction of sp³-hybridized carbons (Fsp3) is 0.273. The minimum atomic E-state index is 0.248. The van der Waals surface area contributed by atoms with Crippen LogP contribution in [0.1, 0.15) is 35.4 Å². The number of rotatable bonds is 4. The summed E-state index contributed by atoms with van der Waals surface area (Å²) in [6.07, 6.45) is 4.10. The van der Waals surface area contributed by atoms with E-state index in [-0.39, 0.29) is 5.91 Å². The maximum Gasteiger partial charge on any atom is 0.222 e. The quantitative estimate of drug-likeness (QED) is 0.779. The molecule has 2 aromatic carbocycles. The van der Waals surface area contributed by atoms with Crippen LogP contribution < -0.4 is 0 Å². The Morgan fingerprint density at radius 2 is 2.04 bits per heavy atom. The van der Waals surface area contributed by atoms with Crippen molar-refractivity contribution >= 4 is 16.8 Å². The number of nitrogens with one attached hydrogen (secondary N) is 1. The smallest absolute Gasteiger partial charge is 0.222 e. The van der Waals surface area contributed by atoms with Gasteiger partial charge in [0.15, 0.2) is 0 Å². The highest BCUT2D eigenvalue weighted by molar-refractivity contribution is 5.86. The number of piperidine rings is 1. The van der Waals surface area contributed by atoms with Crippen molar-refractivity contribution in [3.05, 3.63) is 71.4 Å². The molecular weight excluding hydrogens is 322 g/mol. The molecular formula is C22H21N3O. The maximum absolute atomic E-state index is 12.3. The van der Waals surface area contributed by atoms with Gasteiger partial charge in [0.2, 0.25) is 5.91 Å². The predicted molar refractivity (Wildman–Crippen MR) is 102 cm³/mol. The Morgan fingerprint density at radius 1 is 1.19 bits per heavy atom. The van der Waals surface area contributed by atoms with Crippen LogP contribution in [-0.4, -0.2) is 28.9 Å². The van der Waals surface area contributed by atoms with Gasteiger partial charge in [-0.25, -0.2) is 0 Å². The molecule has 130 valence electrons. The monoisotopic (exact) mass is 343 g/mol. The van der Waals surface area contributed by atoms with Gasteiger partial charge in [-0.15, -0.1) is 0 Å². The molecule has 1 aromatic heterocycles. The lowest BCUT2D eigenvalue weighted by Crippen LogP contribution is -2.40. The van der Waals surface area contributed by atoms with Crippen LogP contribution in [-0.2, 0) is 11.2 Å². The number of carbonyl (C=O) groups is 1. The van der Waals surface area contributed by atoms with Crippen LogP contribution in [0.2, 0.25) is 0 Å². The van der Waals surface area contributed by atoms with E-state index in [1.165, 1.54) is 5.56 Å². The van der Waals surface area contributed by atoms with Crippen LogP contribution in [0.25, 0.3) is 10.9 Å². The van der Waals surface area contributed by atoms with Gasteiger partial charge in [0.1, 0.15) is 6.07 Å². The standard InChI is InChI=1S/C22H21N3O/c23-13-19-14-24-21-8-6-16(12-20(19)21)10-11-25-15-18(7-9-22(25)26)17-4-2-1-3-5-17/h1-6,8,12,14,18,24H,7,9-11,15H2. The number of amides is 1. The average Bonchev–Trinajstić information content (AvgIpc) is 3.10. The minimum Gasteiger partial charge on any atom is -0.360 e. The Balaban J connectivity index is 1.46. The Morgan fingerprint density at radius 3 is 2.85 bits per heavy atom. The Bertz CT molecular complexity index is 968. The molecule has 4 nitrogen and oxygen atoms in total. The van der Waals surface area contributed by atoms with Gasteiger partial charge in [-0.05, 0) is 36.1 Å². The number of nitriles is 1. The Kier molecular flexibility index (Phi) is 4.45. The molecule has 1 unspecified atom stereocenters. The van der Waals surface area contributed by atoms with Gasteiger partial charge in [0.25, 0.3) is 0 Å². The number of fused-ring (bicyclic) bond motifs is 1. The molecule has 1 aliphatic heterocycles. The lowest BCUT2D eigenvalue weighted by molar-refractivity contribution is -0.133. The highest BCUT2D eigenvalue weighted by Gasteiger charge is 2.26. The summed E-state index contributed by atoms with van der Waals surface area (Å²) in [6.45, 7) is 1.51. The molecule has 0 saturated carbocycles. The molecule has 4 rings (SSSR count). The molecule has 0 aliphatic carbocycles. The van der Waals surface area contributed by atoms with Gasteiger partial charge in [-0.2, -0.15) is 5.26 Å². The molecule has 4 heteroatoms. The van der Waals surface area contributed by atoms with Crippen LogP contribution in [0.4, 0.5) is 0 Å². The van der Waals surface area contributed by atoms with Gasteiger partial charge in [-0.1, -0.05) is 36.4 Å². The first-order chi connectivity index (χ1) is 12.7. The molecule has 26 heavy (non-hydrogen) atoms. The number of hydrogen-bond acceptors (Lipinski definition) is 2. The second-order valence-corrected chi connectivity index (χ2v) is 6.93. The van der Waals surface area contributed by atoms with Crippen LogP contribution >= 0.6 is 0 Å². The maximum atomic E-state index is 12.3. The SMILES string of the molecule is N#Cc1c[nH]c2ccc(CCN3CC(c4ccccc4)CCC3=O)cc12. The Hall–Kier alpha value is -3.06. The first-order valence-corrected chi connectivity index (χ1v) is 9.07. The van der Waals surface area contributed by atoms with Crippen molar-refractivity contribution in [3.8, 4) is 6.07 Å². The molecule has 1 amide bonds. The van der Waals surface area contributed by atoms with E-state index in [4.69, 9.17) is 0 Å². The van der Waals surface area contributed by atoms with Crippen LogP contribution in [0.5, 0.6) is 0 Å². The zero-order chi connectivity index (χ0) is 17.9. The number of hydrogen-bond donors (Lipinski definition) is 1. The molecule has 0 bridgehead atoms. The second kappa shape index (κ2) is 7.05. The lowest BCUT2D eigenvalue weighted by atomic mass is 9.90. The molecule has 0 radical (unpaired) electrons. The molecule has 3 aromatic rings. The third kappa shape index (κ3) is 3.21. The zero-order valence-electron chi connectivity index (χ0n) is 14.6. The molecule has 2 heterocycles. The topological polar surface area (TPSA) is 59.9 Å². The van der Waals surface area contributed by atoms with Gasteiger partial charge in [0.05, 0.1) is 5.56 Å². The lowest BCUT2D eigenvalue weighted by Gasteiger charge is -2.33. The van der Waals surface area contributed by atoms with Crippen molar-refractivity contribution in [3.63, 3.8) is 0 Å². The number of aromatic nitrogens is 1. The minimum absolute atomic E-state index is 0.248. The number of H-pyrrole nitrogens is 1. The summed E-state index contributed by atoms with van der Waals surface area (Å²) >= 11 is 0. The number of carbonyl (C=O) groups excluding carboxylic acids is 1. The highest BCUT2D eigenvalue weighted by atomic mass is 16.2. The van der Waals surface area contributed by atoms with Crippen molar-refractivity contribution in [1.29, 1.82) is 5.26 Å². The molecule has 1 atom stereocenters. The van der Waals surface area contributed by atoms with Gasteiger partial charge in [-0.3, -0.25) is 4.79 Å². The first kappa shape index (κ1) is 16.4. The molecule has 1 fully saturated rings. The van der Waals surface area contributed by atoms with E-state index in [1.54, 1.807) is 6.20 Å². The largest absolute Gasteiger partial charge is 0.360 e. The first-order valence-electron chi connectivity index (χ1n) is 9.07. The van der Waals surface area contributed by atoms with Crippen LogP contribution in [0.3, 0.4) is 0 Å². The number of nitrogens with zero attached hydrogens (tertiary/aromatic N) is 2. The van der Waals surface area contributed by atoms with E-state index >= 15 is 0 Å². The van der Waals surface area contributed by atoms with Crippen LogP contribution in [0.15, 0.2) is 54.7 Å². The molecule has 0 spiro atoms. The summed E-state index contributed by atoms with van der Waals surface area (Å²) in [5.74, 6) is 0.670. The zero-order valence-corrected chi connectivity index (χ0v) is 14.6. The van der Waals surface area contributed by atoms with E-state index < -0.39 is 0 Å².